The second kappa shape index (κ2) is 4.65. The third kappa shape index (κ3) is 2.82. The second-order valence-electron chi connectivity index (χ2n) is 3.33. The van der Waals surface area contributed by atoms with Crippen LogP contribution in [0.5, 0.6) is 0 Å². The van der Waals surface area contributed by atoms with E-state index in [4.69, 9.17) is 5.73 Å². The van der Waals surface area contributed by atoms with Gasteiger partial charge >= 0.3 is 6.18 Å². The Labute approximate surface area is 90.6 Å². The minimum Gasteiger partial charge on any atom is -0.330 e. The number of alkyl halides is 3. The number of halogens is 4. The molecule has 0 heterocycles. The van der Waals surface area contributed by atoms with Crippen molar-refractivity contribution in [2.45, 2.75) is 12.6 Å². The first-order valence-electron chi connectivity index (χ1n) is 4.61. The molecule has 0 radical (unpaired) electrons. The molecule has 0 spiro atoms. The van der Waals surface area contributed by atoms with Crippen LogP contribution in [0.3, 0.4) is 0 Å². The van der Waals surface area contributed by atoms with Crippen LogP contribution in [0, 0.1) is 5.82 Å². The molecule has 0 fully saturated rings. The largest absolute Gasteiger partial charge is 0.416 e. The summed E-state index contributed by atoms with van der Waals surface area (Å²) < 4.78 is 50.1. The maximum absolute atomic E-state index is 13.4. The van der Waals surface area contributed by atoms with Gasteiger partial charge in [-0.1, -0.05) is 12.6 Å². The van der Waals surface area contributed by atoms with E-state index in [2.05, 4.69) is 6.58 Å². The van der Waals surface area contributed by atoms with Crippen molar-refractivity contribution in [3.8, 4) is 0 Å². The maximum atomic E-state index is 13.4. The van der Waals surface area contributed by atoms with E-state index in [1.54, 1.807) is 0 Å². The van der Waals surface area contributed by atoms with Crippen LogP contribution < -0.4 is 5.73 Å². The zero-order valence-electron chi connectivity index (χ0n) is 8.44. The van der Waals surface area contributed by atoms with Gasteiger partial charge in [0.2, 0.25) is 0 Å². The van der Waals surface area contributed by atoms with Crippen molar-refractivity contribution in [2.75, 3.05) is 6.54 Å². The highest BCUT2D eigenvalue weighted by Crippen LogP contribution is 2.31. The standard InChI is InChI=1S/C11H11F4N/c1-7(4-5-16)9-3-2-8(6-10(9)12)11(13,14)15/h2-3,6H,1,4-5,16H2. The Bertz CT molecular complexity index is 395. The molecule has 88 valence electrons. The average molecular weight is 233 g/mol. The van der Waals surface area contributed by atoms with Gasteiger partial charge in [0.05, 0.1) is 5.56 Å². The monoisotopic (exact) mass is 233 g/mol. The van der Waals surface area contributed by atoms with Crippen LogP contribution in [0.15, 0.2) is 24.8 Å². The van der Waals surface area contributed by atoms with Gasteiger partial charge in [-0.3, -0.25) is 0 Å². The van der Waals surface area contributed by atoms with Crippen molar-refractivity contribution in [1.29, 1.82) is 0 Å². The molecule has 1 aromatic rings. The molecule has 1 nitrogen and oxygen atoms in total. The lowest BCUT2D eigenvalue weighted by atomic mass is 10.0. The first kappa shape index (κ1) is 12.7. The summed E-state index contributed by atoms with van der Waals surface area (Å²) in [5.41, 5.74) is 4.73. The molecule has 0 saturated carbocycles. The summed E-state index contributed by atoms with van der Waals surface area (Å²) in [7, 11) is 0. The minimum absolute atomic E-state index is 0.0819. The molecule has 1 aromatic carbocycles. The van der Waals surface area contributed by atoms with Gasteiger partial charge in [0.15, 0.2) is 0 Å². The fourth-order valence-corrected chi connectivity index (χ4v) is 1.29. The van der Waals surface area contributed by atoms with Gasteiger partial charge in [-0.2, -0.15) is 13.2 Å². The molecule has 0 unspecified atom stereocenters. The minimum atomic E-state index is -4.53. The number of benzene rings is 1. The molecule has 0 aliphatic carbocycles. The summed E-state index contributed by atoms with van der Waals surface area (Å²) in [4.78, 5) is 0. The van der Waals surface area contributed by atoms with Gasteiger partial charge in [0.25, 0.3) is 0 Å². The van der Waals surface area contributed by atoms with Crippen LogP contribution >= 0.6 is 0 Å². The van der Waals surface area contributed by atoms with Crippen molar-refractivity contribution in [2.24, 2.45) is 5.73 Å². The first-order valence-corrected chi connectivity index (χ1v) is 4.61. The van der Waals surface area contributed by atoms with Crippen LogP contribution in [0.1, 0.15) is 17.5 Å². The van der Waals surface area contributed by atoms with Crippen molar-refractivity contribution in [1.82, 2.24) is 0 Å². The van der Waals surface area contributed by atoms with Crippen LogP contribution in [0.4, 0.5) is 17.6 Å². The highest BCUT2D eigenvalue weighted by molar-refractivity contribution is 5.64. The van der Waals surface area contributed by atoms with E-state index in [0.717, 1.165) is 12.1 Å². The molecule has 0 aliphatic heterocycles. The molecule has 0 aromatic heterocycles. The van der Waals surface area contributed by atoms with Crippen molar-refractivity contribution < 1.29 is 17.6 Å². The zero-order valence-corrected chi connectivity index (χ0v) is 8.44. The van der Waals surface area contributed by atoms with Crippen molar-refractivity contribution in [3.63, 3.8) is 0 Å². The second-order valence-corrected chi connectivity index (χ2v) is 3.33. The fourth-order valence-electron chi connectivity index (χ4n) is 1.29. The Morgan fingerprint density at radius 1 is 1.31 bits per heavy atom. The Hall–Kier alpha value is -1.36. The van der Waals surface area contributed by atoms with Gasteiger partial charge in [-0.25, -0.2) is 4.39 Å². The SMILES string of the molecule is C=C(CCN)c1ccc(C(F)(F)F)cc1F. The molecule has 0 aliphatic rings. The summed E-state index contributed by atoms with van der Waals surface area (Å²) in [6, 6.07) is 2.38. The molecule has 16 heavy (non-hydrogen) atoms. The van der Waals surface area contributed by atoms with E-state index in [-0.39, 0.29) is 12.1 Å². The Morgan fingerprint density at radius 2 is 1.94 bits per heavy atom. The molecule has 0 saturated heterocycles. The topological polar surface area (TPSA) is 26.0 Å². The Balaban J connectivity index is 3.05. The van der Waals surface area contributed by atoms with Gasteiger partial charge in [0, 0.05) is 5.56 Å². The van der Waals surface area contributed by atoms with Gasteiger partial charge in [-0.05, 0) is 30.7 Å². The summed E-state index contributed by atoms with van der Waals surface area (Å²) in [6.45, 7) is 3.84. The summed E-state index contributed by atoms with van der Waals surface area (Å²) in [5, 5.41) is 0. The molecule has 2 N–H and O–H groups in total. The number of nitrogens with two attached hydrogens (primary N) is 1. The van der Waals surface area contributed by atoms with Crippen LogP contribution in [-0.2, 0) is 6.18 Å². The van der Waals surface area contributed by atoms with Gasteiger partial charge in [0.1, 0.15) is 5.82 Å². The van der Waals surface area contributed by atoms with E-state index in [1.807, 2.05) is 0 Å². The van der Waals surface area contributed by atoms with Crippen molar-refractivity contribution in [3.05, 3.63) is 41.7 Å². The van der Waals surface area contributed by atoms with Crippen LogP contribution in [-0.4, -0.2) is 6.54 Å². The lowest BCUT2D eigenvalue weighted by Crippen LogP contribution is -2.06. The highest BCUT2D eigenvalue weighted by atomic mass is 19.4. The molecular weight excluding hydrogens is 222 g/mol. The van der Waals surface area contributed by atoms with Gasteiger partial charge in [-0.15, -0.1) is 0 Å². The summed E-state index contributed by atoms with van der Waals surface area (Å²) >= 11 is 0. The van der Waals surface area contributed by atoms with E-state index in [1.165, 1.54) is 0 Å². The molecule has 5 heteroatoms. The fraction of sp³-hybridized carbons (Fsp3) is 0.273. The third-order valence-electron chi connectivity index (χ3n) is 2.12. The quantitative estimate of drug-likeness (QED) is 0.797. The molecule has 1 rings (SSSR count). The van der Waals surface area contributed by atoms with Crippen LogP contribution in [0.25, 0.3) is 5.57 Å². The van der Waals surface area contributed by atoms with Crippen molar-refractivity contribution >= 4 is 5.57 Å². The smallest absolute Gasteiger partial charge is 0.330 e. The summed E-state index contributed by atoms with van der Waals surface area (Å²) in [5.74, 6) is -0.923. The molecule has 0 bridgehead atoms. The lowest BCUT2D eigenvalue weighted by Gasteiger charge is -2.10. The Morgan fingerprint density at radius 3 is 2.38 bits per heavy atom. The van der Waals surface area contributed by atoms with Gasteiger partial charge < -0.3 is 5.73 Å². The molecule has 0 amide bonds. The number of hydrogen-bond acceptors (Lipinski definition) is 1. The first-order chi connectivity index (χ1) is 7.36. The third-order valence-corrected chi connectivity index (χ3v) is 2.12. The normalized spacial score (nSPS) is 11.6. The van der Waals surface area contributed by atoms with E-state index in [9.17, 15) is 17.6 Å². The maximum Gasteiger partial charge on any atom is 0.416 e. The predicted molar refractivity (Wildman–Crippen MR) is 54.1 cm³/mol. The van der Waals surface area contributed by atoms with E-state index < -0.39 is 17.6 Å². The van der Waals surface area contributed by atoms with E-state index in [0.29, 0.717) is 18.1 Å². The Kier molecular flexibility index (Phi) is 3.70. The average Bonchev–Trinajstić information content (AvgIpc) is 2.16. The summed E-state index contributed by atoms with van der Waals surface area (Å²) in [6.07, 6.45) is -4.18. The van der Waals surface area contributed by atoms with Crippen LogP contribution in [0.2, 0.25) is 0 Å². The molecular formula is C11H11F4N. The highest BCUT2D eigenvalue weighted by Gasteiger charge is 2.31. The number of hydrogen-bond donors (Lipinski definition) is 1. The number of rotatable bonds is 3. The predicted octanol–water partition coefficient (Wildman–Crippen LogP) is 3.21. The molecule has 0 atom stereocenters. The lowest BCUT2D eigenvalue weighted by molar-refractivity contribution is -0.137. The van der Waals surface area contributed by atoms with E-state index >= 15 is 0 Å². The zero-order chi connectivity index (χ0) is 12.3.